The summed E-state index contributed by atoms with van der Waals surface area (Å²) in [6.45, 7) is -0.868. The van der Waals surface area contributed by atoms with Crippen molar-refractivity contribution in [3.63, 3.8) is 0 Å². The number of hydrogen-bond donors (Lipinski definition) is 2. The molecule has 1 aromatic rings. The molecule has 0 unspecified atom stereocenters. The Hall–Kier alpha value is -2.37. The number of carboxylic acids is 1. The predicted molar refractivity (Wildman–Crippen MR) is 70.8 cm³/mol. The first-order valence-electron chi connectivity index (χ1n) is 6.33. The minimum absolute atomic E-state index is 0.314. The van der Waals surface area contributed by atoms with Gasteiger partial charge < -0.3 is 15.7 Å². The highest BCUT2D eigenvalue weighted by Crippen LogP contribution is 2.27. The van der Waals surface area contributed by atoms with Gasteiger partial charge in [-0.25, -0.2) is 0 Å². The van der Waals surface area contributed by atoms with E-state index < -0.39 is 18.4 Å². The standard InChI is InChI=1S/C14H16N2O4/c15-12(17)7-16(8-13(18)19)14(20)11-5-9-3-1-2-4-10(9)6-11/h1-4,11H,5-8H2,(H2,15,17)(H,18,19). The molecule has 20 heavy (non-hydrogen) atoms. The van der Waals surface area contributed by atoms with Gasteiger partial charge in [-0.05, 0) is 24.0 Å². The van der Waals surface area contributed by atoms with Crippen LogP contribution in [0, 0.1) is 5.92 Å². The summed E-state index contributed by atoms with van der Waals surface area (Å²) >= 11 is 0. The van der Waals surface area contributed by atoms with Crippen molar-refractivity contribution in [2.24, 2.45) is 11.7 Å². The minimum Gasteiger partial charge on any atom is -0.480 e. The number of carboxylic acid groups (broad SMARTS) is 1. The van der Waals surface area contributed by atoms with E-state index >= 15 is 0 Å². The largest absolute Gasteiger partial charge is 0.480 e. The third kappa shape index (κ3) is 3.14. The molecule has 6 heteroatoms. The summed E-state index contributed by atoms with van der Waals surface area (Å²) in [5.41, 5.74) is 7.26. The molecule has 0 saturated heterocycles. The normalized spacial score (nSPS) is 13.8. The maximum atomic E-state index is 12.3. The summed E-state index contributed by atoms with van der Waals surface area (Å²) in [6.07, 6.45) is 1.15. The van der Waals surface area contributed by atoms with Crippen LogP contribution in [0.3, 0.4) is 0 Å². The summed E-state index contributed by atoms with van der Waals surface area (Å²) in [4.78, 5) is 35.1. The SMILES string of the molecule is NC(=O)CN(CC(=O)O)C(=O)C1Cc2ccccc2C1. The number of primary amides is 1. The van der Waals surface area contributed by atoms with E-state index in [4.69, 9.17) is 10.8 Å². The number of benzene rings is 1. The van der Waals surface area contributed by atoms with Gasteiger partial charge in [0.2, 0.25) is 11.8 Å². The Bertz CT molecular complexity index is 515. The Morgan fingerprint density at radius 2 is 1.70 bits per heavy atom. The molecule has 106 valence electrons. The van der Waals surface area contributed by atoms with Crippen LogP contribution in [0.25, 0.3) is 0 Å². The first-order chi connectivity index (χ1) is 9.47. The first-order valence-corrected chi connectivity index (χ1v) is 6.33. The van der Waals surface area contributed by atoms with E-state index in [1.54, 1.807) is 0 Å². The monoisotopic (exact) mass is 276 g/mol. The van der Waals surface area contributed by atoms with Gasteiger partial charge in [0.1, 0.15) is 6.54 Å². The number of carbonyl (C=O) groups is 3. The number of nitrogens with two attached hydrogens (primary N) is 1. The van der Waals surface area contributed by atoms with Crippen LogP contribution in [0.1, 0.15) is 11.1 Å². The van der Waals surface area contributed by atoms with Crippen LogP contribution in [0.5, 0.6) is 0 Å². The number of hydrogen-bond acceptors (Lipinski definition) is 3. The molecule has 0 aromatic heterocycles. The highest BCUT2D eigenvalue weighted by Gasteiger charge is 2.31. The predicted octanol–water partition coefficient (Wildman–Crippen LogP) is -0.200. The lowest BCUT2D eigenvalue weighted by Gasteiger charge is -2.22. The van der Waals surface area contributed by atoms with Gasteiger partial charge in [0.05, 0.1) is 6.54 Å². The van der Waals surface area contributed by atoms with Gasteiger partial charge in [0, 0.05) is 5.92 Å². The molecular weight excluding hydrogens is 260 g/mol. The van der Waals surface area contributed by atoms with Crippen LogP contribution in [0.15, 0.2) is 24.3 Å². The summed E-state index contributed by atoms with van der Waals surface area (Å²) in [6, 6.07) is 7.73. The summed E-state index contributed by atoms with van der Waals surface area (Å²) < 4.78 is 0. The minimum atomic E-state index is -1.16. The maximum absolute atomic E-state index is 12.3. The molecule has 1 aromatic carbocycles. The molecular formula is C14H16N2O4. The third-order valence-electron chi connectivity index (χ3n) is 3.38. The Balaban J connectivity index is 2.09. The second-order valence-electron chi connectivity index (χ2n) is 4.93. The van der Waals surface area contributed by atoms with Crippen molar-refractivity contribution in [1.82, 2.24) is 4.90 Å². The lowest BCUT2D eigenvalue weighted by molar-refractivity contribution is -0.147. The van der Waals surface area contributed by atoms with E-state index in [0.717, 1.165) is 16.0 Å². The highest BCUT2D eigenvalue weighted by molar-refractivity contribution is 5.88. The number of nitrogens with zero attached hydrogens (tertiary/aromatic N) is 1. The molecule has 0 bridgehead atoms. The second-order valence-corrected chi connectivity index (χ2v) is 4.93. The van der Waals surface area contributed by atoms with Crippen LogP contribution < -0.4 is 5.73 Å². The van der Waals surface area contributed by atoms with Crippen molar-refractivity contribution in [3.05, 3.63) is 35.4 Å². The topological polar surface area (TPSA) is 101 Å². The fourth-order valence-electron chi connectivity index (χ4n) is 2.55. The number of aliphatic carboxylic acids is 1. The van der Waals surface area contributed by atoms with Gasteiger partial charge in [0.15, 0.2) is 0 Å². The van der Waals surface area contributed by atoms with Crippen LogP contribution in [-0.2, 0) is 27.2 Å². The first kappa shape index (κ1) is 14.0. The molecule has 6 nitrogen and oxygen atoms in total. The summed E-state index contributed by atoms with van der Waals surface area (Å²) in [5.74, 6) is -2.52. The van der Waals surface area contributed by atoms with Gasteiger partial charge in [-0.15, -0.1) is 0 Å². The molecule has 0 heterocycles. The lowest BCUT2D eigenvalue weighted by Crippen LogP contribution is -2.44. The van der Waals surface area contributed by atoms with E-state index in [9.17, 15) is 14.4 Å². The van der Waals surface area contributed by atoms with E-state index in [0.29, 0.717) is 12.8 Å². The number of amides is 2. The van der Waals surface area contributed by atoms with Gasteiger partial charge >= 0.3 is 5.97 Å². The third-order valence-corrected chi connectivity index (χ3v) is 3.38. The zero-order valence-electron chi connectivity index (χ0n) is 10.9. The van der Waals surface area contributed by atoms with Crippen molar-refractivity contribution in [3.8, 4) is 0 Å². The van der Waals surface area contributed by atoms with Gasteiger partial charge in [-0.2, -0.15) is 0 Å². The maximum Gasteiger partial charge on any atom is 0.323 e. The molecule has 0 fully saturated rings. The van der Waals surface area contributed by atoms with Crippen molar-refractivity contribution in [1.29, 1.82) is 0 Å². The molecule has 0 spiro atoms. The van der Waals surface area contributed by atoms with Crippen molar-refractivity contribution >= 4 is 17.8 Å². The Labute approximate surface area is 116 Å². The second kappa shape index (κ2) is 5.73. The van der Waals surface area contributed by atoms with Crippen molar-refractivity contribution in [2.45, 2.75) is 12.8 Å². The van der Waals surface area contributed by atoms with Gasteiger partial charge in [-0.1, -0.05) is 24.3 Å². The number of carbonyl (C=O) groups excluding carboxylic acids is 2. The fraction of sp³-hybridized carbons (Fsp3) is 0.357. The molecule has 1 aliphatic carbocycles. The summed E-state index contributed by atoms with van der Waals surface area (Å²) in [5, 5.41) is 8.82. The highest BCUT2D eigenvalue weighted by atomic mass is 16.4. The van der Waals surface area contributed by atoms with Crippen LogP contribution in [0.2, 0.25) is 0 Å². The van der Waals surface area contributed by atoms with Crippen molar-refractivity contribution in [2.75, 3.05) is 13.1 Å². The zero-order valence-corrected chi connectivity index (χ0v) is 10.9. The van der Waals surface area contributed by atoms with Gasteiger partial charge in [-0.3, -0.25) is 14.4 Å². The molecule has 0 radical (unpaired) electrons. The average molecular weight is 276 g/mol. The zero-order chi connectivity index (χ0) is 14.7. The van der Waals surface area contributed by atoms with Crippen LogP contribution in [-0.4, -0.2) is 40.9 Å². The van der Waals surface area contributed by atoms with Crippen LogP contribution >= 0.6 is 0 Å². The smallest absolute Gasteiger partial charge is 0.323 e. The number of rotatable bonds is 5. The Kier molecular flexibility index (Phi) is 4.02. The molecule has 0 atom stereocenters. The van der Waals surface area contributed by atoms with E-state index in [-0.39, 0.29) is 18.4 Å². The Morgan fingerprint density at radius 3 is 2.15 bits per heavy atom. The van der Waals surface area contributed by atoms with E-state index in [1.807, 2.05) is 24.3 Å². The lowest BCUT2D eigenvalue weighted by atomic mass is 10.0. The summed E-state index contributed by atoms with van der Waals surface area (Å²) in [7, 11) is 0. The molecule has 0 saturated carbocycles. The van der Waals surface area contributed by atoms with E-state index in [1.165, 1.54) is 0 Å². The average Bonchev–Trinajstić information content (AvgIpc) is 2.79. The molecule has 2 amide bonds. The molecule has 0 aliphatic heterocycles. The molecule has 2 rings (SSSR count). The van der Waals surface area contributed by atoms with Gasteiger partial charge in [0.25, 0.3) is 0 Å². The van der Waals surface area contributed by atoms with Crippen LogP contribution in [0.4, 0.5) is 0 Å². The quantitative estimate of drug-likeness (QED) is 0.777. The fourth-order valence-corrected chi connectivity index (χ4v) is 2.55. The number of fused-ring (bicyclic) bond motifs is 1. The molecule has 1 aliphatic rings. The van der Waals surface area contributed by atoms with E-state index in [2.05, 4.69) is 0 Å². The van der Waals surface area contributed by atoms with Crippen molar-refractivity contribution < 1.29 is 19.5 Å². The molecule has 3 N–H and O–H groups in total. The Morgan fingerprint density at radius 1 is 1.15 bits per heavy atom.